The van der Waals surface area contributed by atoms with Gasteiger partial charge in [-0.2, -0.15) is 0 Å². The highest BCUT2D eigenvalue weighted by molar-refractivity contribution is 6.64. The number of nitrogen functional groups attached to an aromatic ring is 1. The van der Waals surface area contributed by atoms with E-state index in [0.717, 1.165) is 31.1 Å². The number of nitrogens with two attached hydrogens (primary N) is 1. The average Bonchev–Trinajstić information content (AvgIpc) is 2.34. The third-order valence-electron chi connectivity index (χ3n) is 2.97. The zero-order chi connectivity index (χ0) is 12.7. The largest absolute Gasteiger partial charge is 0.399 e. The van der Waals surface area contributed by atoms with Crippen molar-refractivity contribution in [3.63, 3.8) is 0 Å². The maximum absolute atomic E-state index is 10.3. The standard InChI is InChI=1S/C13H20BN2O/c1-3-10-5-6-12(15)7-11(10)8-13(4-2)16-14-9-17/h5-7,9,13,16H,3-4,8,15H2,1-2H3/t13-/m1/s1. The molecule has 0 fully saturated rings. The van der Waals surface area contributed by atoms with Crippen LogP contribution in [0.2, 0.25) is 0 Å². The molecule has 1 rings (SSSR count). The minimum absolute atomic E-state index is 0.285. The second kappa shape index (κ2) is 7.12. The fourth-order valence-corrected chi connectivity index (χ4v) is 1.94. The van der Waals surface area contributed by atoms with Crippen molar-refractivity contribution in [2.24, 2.45) is 0 Å². The molecule has 0 aliphatic carbocycles. The fraction of sp³-hybridized carbons (Fsp3) is 0.462. The Labute approximate surface area is 104 Å². The van der Waals surface area contributed by atoms with Crippen molar-refractivity contribution in [2.45, 2.75) is 39.2 Å². The molecular weight excluding hydrogens is 211 g/mol. The maximum atomic E-state index is 10.3. The Morgan fingerprint density at radius 2 is 2.18 bits per heavy atom. The molecule has 0 saturated carbocycles. The molecule has 0 heterocycles. The van der Waals surface area contributed by atoms with Gasteiger partial charge in [-0.1, -0.05) is 19.9 Å². The van der Waals surface area contributed by atoms with Gasteiger partial charge >= 0.3 is 0 Å². The van der Waals surface area contributed by atoms with Gasteiger partial charge in [-0.05, 0) is 42.5 Å². The zero-order valence-corrected chi connectivity index (χ0v) is 10.6. The topological polar surface area (TPSA) is 55.1 Å². The number of hydrogen-bond donors (Lipinski definition) is 2. The number of anilines is 1. The molecule has 0 unspecified atom stereocenters. The van der Waals surface area contributed by atoms with E-state index in [2.05, 4.69) is 25.1 Å². The summed E-state index contributed by atoms with van der Waals surface area (Å²) in [5.74, 6) is 0. The quantitative estimate of drug-likeness (QED) is 0.425. The lowest BCUT2D eigenvalue weighted by molar-refractivity contribution is 0.562. The molecule has 1 aromatic rings. The van der Waals surface area contributed by atoms with Crippen LogP contribution < -0.4 is 11.0 Å². The highest BCUT2D eigenvalue weighted by Gasteiger charge is 2.09. The van der Waals surface area contributed by atoms with E-state index in [-0.39, 0.29) is 6.04 Å². The normalized spacial score (nSPS) is 12.1. The van der Waals surface area contributed by atoms with Crippen molar-refractivity contribution >= 4 is 19.3 Å². The van der Waals surface area contributed by atoms with Crippen LogP contribution in [0.15, 0.2) is 18.2 Å². The second-order valence-electron chi connectivity index (χ2n) is 4.16. The van der Waals surface area contributed by atoms with Crippen molar-refractivity contribution in [1.29, 1.82) is 0 Å². The summed E-state index contributed by atoms with van der Waals surface area (Å²) in [5.41, 5.74) is 9.21. The molecule has 1 radical (unpaired) electrons. The molecule has 1 atom stereocenters. The SMILES string of the molecule is CCc1ccc(N)cc1C[C@@H](CC)N[B]C=O. The van der Waals surface area contributed by atoms with Gasteiger partial charge in [-0.3, -0.25) is 0 Å². The molecular formula is C13H20BN2O. The van der Waals surface area contributed by atoms with Gasteiger partial charge in [0.1, 0.15) is 0 Å². The van der Waals surface area contributed by atoms with Crippen molar-refractivity contribution in [3.05, 3.63) is 29.3 Å². The van der Waals surface area contributed by atoms with Crippen LogP contribution in [-0.4, -0.2) is 19.6 Å². The predicted octanol–water partition coefficient (Wildman–Crippen LogP) is 1.55. The van der Waals surface area contributed by atoms with Gasteiger partial charge < -0.3 is 15.8 Å². The number of nitrogens with one attached hydrogen (secondary N) is 1. The lowest BCUT2D eigenvalue weighted by Gasteiger charge is -2.17. The van der Waals surface area contributed by atoms with Gasteiger partial charge in [-0.15, -0.1) is 0 Å². The Kier molecular flexibility index (Phi) is 5.77. The summed E-state index contributed by atoms with van der Waals surface area (Å²) in [6.45, 7) is 4.25. The third-order valence-corrected chi connectivity index (χ3v) is 2.97. The lowest BCUT2D eigenvalue weighted by Crippen LogP contribution is -2.34. The highest BCUT2D eigenvalue weighted by atomic mass is 16.1. The Balaban J connectivity index is 2.76. The van der Waals surface area contributed by atoms with E-state index >= 15 is 0 Å². The van der Waals surface area contributed by atoms with E-state index in [9.17, 15) is 4.79 Å². The van der Waals surface area contributed by atoms with Crippen molar-refractivity contribution in [1.82, 2.24) is 5.23 Å². The van der Waals surface area contributed by atoms with E-state index in [1.54, 1.807) is 0 Å². The molecule has 91 valence electrons. The van der Waals surface area contributed by atoms with Gasteiger partial charge in [0.05, 0.1) is 6.19 Å². The molecule has 0 aliphatic rings. The molecule has 0 aliphatic heterocycles. The Bertz CT molecular complexity index is 368. The first-order chi connectivity index (χ1) is 8.21. The Hall–Kier alpha value is -1.29. The van der Waals surface area contributed by atoms with Crippen LogP contribution in [0.25, 0.3) is 0 Å². The van der Waals surface area contributed by atoms with Gasteiger partial charge in [0.25, 0.3) is 7.41 Å². The fourth-order valence-electron chi connectivity index (χ4n) is 1.94. The average molecular weight is 231 g/mol. The zero-order valence-electron chi connectivity index (χ0n) is 10.6. The summed E-state index contributed by atoms with van der Waals surface area (Å²) in [7, 11) is 1.46. The molecule has 0 bridgehead atoms. The number of carbonyl (C=O) groups excluding carboxylic acids is 1. The minimum atomic E-state index is 0.285. The molecule has 4 heteroatoms. The highest BCUT2D eigenvalue weighted by Crippen LogP contribution is 2.17. The van der Waals surface area contributed by atoms with Crippen molar-refractivity contribution < 1.29 is 4.79 Å². The molecule has 0 spiro atoms. The van der Waals surface area contributed by atoms with Crippen LogP contribution in [0.3, 0.4) is 0 Å². The van der Waals surface area contributed by atoms with Gasteiger partial charge in [0.15, 0.2) is 0 Å². The first-order valence-corrected chi connectivity index (χ1v) is 6.11. The summed E-state index contributed by atoms with van der Waals surface area (Å²) in [6.07, 6.45) is 3.66. The minimum Gasteiger partial charge on any atom is -0.399 e. The number of carbonyl (C=O) groups is 1. The van der Waals surface area contributed by atoms with E-state index in [0.29, 0.717) is 0 Å². The second-order valence-corrected chi connectivity index (χ2v) is 4.16. The van der Waals surface area contributed by atoms with Crippen LogP contribution in [0.4, 0.5) is 5.69 Å². The molecule has 17 heavy (non-hydrogen) atoms. The monoisotopic (exact) mass is 231 g/mol. The third kappa shape index (κ3) is 4.23. The molecule has 3 nitrogen and oxygen atoms in total. The number of benzene rings is 1. The maximum Gasteiger partial charge on any atom is 0.290 e. The molecule has 0 amide bonds. The van der Waals surface area contributed by atoms with Gasteiger partial charge in [-0.25, -0.2) is 0 Å². The van der Waals surface area contributed by atoms with E-state index in [1.807, 2.05) is 12.1 Å². The van der Waals surface area contributed by atoms with Crippen LogP contribution >= 0.6 is 0 Å². The van der Waals surface area contributed by atoms with E-state index < -0.39 is 0 Å². The summed E-state index contributed by atoms with van der Waals surface area (Å²) < 4.78 is 0. The lowest BCUT2D eigenvalue weighted by atomic mass is 9.91. The Morgan fingerprint density at radius 1 is 1.41 bits per heavy atom. The Morgan fingerprint density at radius 3 is 2.76 bits per heavy atom. The van der Waals surface area contributed by atoms with E-state index in [1.165, 1.54) is 18.5 Å². The molecule has 0 saturated heterocycles. The van der Waals surface area contributed by atoms with Gasteiger partial charge in [0, 0.05) is 11.7 Å². The van der Waals surface area contributed by atoms with Crippen LogP contribution in [-0.2, 0) is 17.6 Å². The van der Waals surface area contributed by atoms with Gasteiger partial charge in [0.2, 0.25) is 0 Å². The number of aryl methyl sites for hydroxylation is 1. The summed E-state index contributed by atoms with van der Waals surface area (Å²) >= 11 is 0. The summed E-state index contributed by atoms with van der Waals surface area (Å²) in [4.78, 5) is 10.3. The summed E-state index contributed by atoms with van der Waals surface area (Å²) in [5, 5.41) is 3.10. The van der Waals surface area contributed by atoms with Crippen LogP contribution in [0, 0.1) is 0 Å². The summed E-state index contributed by atoms with van der Waals surface area (Å²) in [6, 6.07) is 6.34. The first-order valence-electron chi connectivity index (χ1n) is 6.11. The van der Waals surface area contributed by atoms with Crippen molar-refractivity contribution in [2.75, 3.05) is 5.73 Å². The smallest absolute Gasteiger partial charge is 0.290 e. The number of rotatable bonds is 7. The molecule has 1 aromatic carbocycles. The van der Waals surface area contributed by atoms with Crippen LogP contribution in [0.5, 0.6) is 0 Å². The van der Waals surface area contributed by atoms with Crippen LogP contribution in [0.1, 0.15) is 31.4 Å². The van der Waals surface area contributed by atoms with Crippen molar-refractivity contribution in [3.8, 4) is 0 Å². The molecule has 3 N–H and O–H groups in total. The first kappa shape index (κ1) is 13.8. The number of hydrogen-bond acceptors (Lipinski definition) is 3. The van der Waals surface area contributed by atoms with E-state index in [4.69, 9.17) is 5.73 Å². The molecule has 0 aromatic heterocycles. The predicted molar refractivity (Wildman–Crippen MR) is 73.7 cm³/mol.